The van der Waals surface area contributed by atoms with Gasteiger partial charge in [-0.2, -0.15) is 5.10 Å². The number of para-hydroxylation sites is 1. The second-order valence-corrected chi connectivity index (χ2v) is 4.92. The maximum absolute atomic E-state index is 11.0. The van der Waals surface area contributed by atoms with Crippen molar-refractivity contribution < 1.29 is 4.92 Å². The third-order valence-electron chi connectivity index (χ3n) is 3.24. The van der Waals surface area contributed by atoms with Gasteiger partial charge in [-0.15, -0.1) is 0 Å². The van der Waals surface area contributed by atoms with E-state index in [0.29, 0.717) is 13.0 Å². The quantitative estimate of drug-likeness (QED) is 0.460. The summed E-state index contributed by atoms with van der Waals surface area (Å²) in [5.41, 5.74) is 2.05. The molecule has 1 heterocycles. The normalized spacial score (nSPS) is 10.7. The fraction of sp³-hybridized carbons (Fsp3) is 0.400. The molecule has 1 N–H and O–H groups in total. The zero-order valence-corrected chi connectivity index (χ0v) is 12.2. The summed E-state index contributed by atoms with van der Waals surface area (Å²) >= 11 is 0. The van der Waals surface area contributed by atoms with E-state index in [-0.39, 0.29) is 10.6 Å². The zero-order valence-electron chi connectivity index (χ0n) is 12.2. The highest BCUT2D eigenvalue weighted by atomic mass is 16.6. The van der Waals surface area contributed by atoms with E-state index in [2.05, 4.69) is 17.3 Å². The van der Waals surface area contributed by atoms with Gasteiger partial charge in [-0.3, -0.25) is 14.8 Å². The van der Waals surface area contributed by atoms with E-state index >= 15 is 0 Å². The van der Waals surface area contributed by atoms with Gasteiger partial charge in [0.15, 0.2) is 0 Å². The molecule has 1 aromatic heterocycles. The van der Waals surface area contributed by atoms with Crippen molar-refractivity contribution in [2.45, 2.75) is 32.9 Å². The Balaban J connectivity index is 1.93. The molecule has 6 nitrogen and oxygen atoms in total. The van der Waals surface area contributed by atoms with E-state index in [4.69, 9.17) is 0 Å². The monoisotopic (exact) mass is 288 g/mol. The Bertz CT molecular complexity index is 595. The standard InChI is InChI=1S/C15H20N4O2/c1-2-8-16-10-13-11-17-18(12-13)9-7-14-5-3-4-6-15(14)19(20)21/h3-6,11-12,16H,2,7-10H2,1H3. The Kier molecular flexibility index (Phi) is 5.45. The fourth-order valence-electron chi connectivity index (χ4n) is 2.16. The lowest BCUT2D eigenvalue weighted by atomic mass is 10.1. The van der Waals surface area contributed by atoms with Gasteiger partial charge in [0.05, 0.1) is 11.1 Å². The first-order chi connectivity index (χ1) is 10.2. The lowest BCUT2D eigenvalue weighted by Gasteiger charge is -2.03. The van der Waals surface area contributed by atoms with Crippen molar-refractivity contribution in [3.63, 3.8) is 0 Å². The van der Waals surface area contributed by atoms with E-state index in [1.807, 2.05) is 23.1 Å². The van der Waals surface area contributed by atoms with Crippen LogP contribution >= 0.6 is 0 Å². The van der Waals surface area contributed by atoms with Crippen LogP contribution in [0.3, 0.4) is 0 Å². The van der Waals surface area contributed by atoms with Crippen molar-refractivity contribution >= 4 is 5.69 Å². The molecule has 1 aromatic carbocycles. The molecule has 0 aliphatic heterocycles. The van der Waals surface area contributed by atoms with Gasteiger partial charge in [0.1, 0.15) is 0 Å². The molecular weight excluding hydrogens is 268 g/mol. The number of nitrogens with one attached hydrogen (secondary N) is 1. The van der Waals surface area contributed by atoms with Gasteiger partial charge in [-0.25, -0.2) is 0 Å². The minimum Gasteiger partial charge on any atom is -0.313 e. The van der Waals surface area contributed by atoms with Crippen LogP contribution in [-0.4, -0.2) is 21.2 Å². The minimum absolute atomic E-state index is 0.175. The molecule has 0 saturated carbocycles. The lowest BCUT2D eigenvalue weighted by molar-refractivity contribution is -0.385. The molecule has 0 unspecified atom stereocenters. The summed E-state index contributed by atoms with van der Waals surface area (Å²) in [6, 6.07) is 6.85. The highest BCUT2D eigenvalue weighted by Crippen LogP contribution is 2.18. The summed E-state index contributed by atoms with van der Waals surface area (Å²) in [5, 5.41) is 18.6. The Morgan fingerprint density at radius 1 is 1.38 bits per heavy atom. The molecule has 0 aliphatic rings. The highest BCUT2D eigenvalue weighted by Gasteiger charge is 2.12. The van der Waals surface area contributed by atoms with E-state index in [1.54, 1.807) is 18.2 Å². The summed E-state index contributed by atoms with van der Waals surface area (Å²) in [4.78, 5) is 10.6. The van der Waals surface area contributed by atoms with Crippen LogP contribution in [0.25, 0.3) is 0 Å². The molecule has 0 bridgehead atoms. The van der Waals surface area contributed by atoms with Gasteiger partial charge in [0, 0.05) is 36.5 Å². The van der Waals surface area contributed by atoms with Crippen molar-refractivity contribution in [1.29, 1.82) is 0 Å². The molecule has 0 spiro atoms. The van der Waals surface area contributed by atoms with E-state index in [0.717, 1.165) is 30.6 Å². The summed E-state index contributed by atoms with van der Waals surface area (Å²) < 4.78 is 1.83. The van der Waals surface area contributed by atoms with Crippen LogP contribution in [0, 0.1) is 10.1 Å². The zero-order chi connectivity index (χ0) is 15.1. The number of benzene rings is 1. The first kappa shape index (κ1) is 15.2. The second-order valence-electron chi connectivity index (χ2n) is 4.92. The highest BCUT2D eigenvalue weighted by molar-refractivity contribution is 5.39. The topological polar surface area (TPSA) is 73.0 Å². The summed E-state index contributed by atoms with van der Waals surface area (Å²) in [6.45, 7) is 4.56. The molecule has 2 aromatic rings. The van der Waals surface area contributed by atoms with Crippen molar-refractivity contribution in [2.24, 2.45) is 0 Å². The van der Waals surface area contributed by atoms with Gasteiger partial charge in [-0.05, 0) is 19.4 Å². The number of aromatic nitrogens is 2. The Labute approximate surface area is 123 Å². The van der Waals surface area contributed by atoms with Crippen molar-refractivity contribution in [3.05, 3.63) is 57.9 Å². The van der Waals surface area contributed by atoms with Crippen molar-refractivity contribution in [2.75, 3.05) is 6.54 Å². The molecule has 21 heavy (non-hydrogen) atoms. The van der Waals surface area contributed by atoms with Gasteiger partial charge >= 0.3 is 0 Å². The molecule has 0 amide bonds. The third kappa shape index (κ3) is 4.39. The van der Waals surface area contributed by atoms with Crippen LogP contribution in [0.1, 0.15) is 24.5 Å². The molecule has 0 radical (unpaired) electrons. The molecule has 2 rings (SSSR count). The van der Waals surface area contributed by atoms with Crippen molar-refractivity contribution in [1.82, 2.24) is 15.1 Å². The lowest BCUT2D eigenvalue weighted by Crippen LogP contribution is -2.13. The number of nitrogens with zero attached hydrogens (tertiary/aromatic N) is 3. The number of hydrogen-bond acceptors (Lipinski definition) is 4. The molecule has 112 valence electrons. The van der Waals surface area contributed by atoms with E-state index in [9.17, 15) is 10.1 Å². The van der Waals surface area contributed by atoms with Crippen LogP contribution in [0.2, 0.25) is 0 Å². The maximum Gasteiger partial charge on any atom is 0.272 e. The average molecular weight is 288 g/mol. The Morgan fingerprint density at radius 2 is 2.19 bits per heavy atom. The van der Waals surface area contributed by atoms with Crippen LogP contribution in [0.15, 0.2) is 36.7 Å². The average Bonchev–Trinajstić information content (AvgIpc) is 2.93. The number of aryl methyl sites for hydroxylation is 2. The molecule has 0 saturated heterocycles. The number of rotatable bonds is 8. The molecule has 6 heteroatoms. The number of hydrogen-bond donors (Lipinski definition) is 1. The van der Waals surface area contributed by atoms with Crippen LogP contribution in [-0.2, 0) is 19.5 Å². The van der Waals surface area contributed by atoms with Crippen LogP contribution < -0.4 is 5.32 Å². The Morgan fingerprint density at radius 3 is 2.95 bits per heavy atom. The summed E-state index contributed by atoms with van der Waals surface area (Å²) in [7, 11) is 0. The van der Waals surface area contributed by atoms with Crippen molar-refractivity contribution in [3.8, 4) is 0 Å². The predicted molar refractivity (Wildman–Crippen MR) is 81.0 cm³/mol. The predicted octanol–water partition coefficient (Wildman–Crippen LogP) is 2.53. The van der Waals surface area contributed by atoms with Crippen LogP contribution in [0.4, 0.5) is 5.69 Å². The molecular formula is C15H20N4O2. The summed E-state index contributed by atoms with van der Waals surface area (Å²) in [6.07, 6.45) is 5.52. The van der Waals surface area contributed by atoms with E-state index < -0.39 is 0 Å². The fourth-order valence-corrected chi connectivity index (χ4v) is 2.16. The minimum atomic E-state index is -0.335. The summed E-state index contributed by atoms with van der Waals surface area (Å²) in [5.74, 6) is 0. The molecule has 0 aliphatic carbocycles. The molecule has 0 atom stereocenters. The maximum atomic E-state index is 11.0. The largest absolute Gasteiger partial charge is 0.313 e. The van der Waals surface area contributed by atoms with Gasteiger partial charge < -0.3 is 5.32 Å². The van der Waals surface area contributed by atoms with Gasteiger partial charge in [-0.1, -0.05) is 25.1 Å². The number of nitro benzene ring substituents is 1. The first-order valence-electron chi connectivity index (χ1n) is 7.15. The Hall–Kier alpha value is -2.21. The SMILES string of the molecule is CCCNCc1cnn(CCc2ccccc2[N+](=O)[O-])c1. The van der Waals surface area contributed by atoms with Crippen LogP contribution in [0.5, 0.6) is 0 Å². The second kappa shape index (κ2) is 7.54. The smallest absolute Gasteiger partial charge is 0.272 e. The first-order valence-corrected chi connectivity index (χ1v) is 7.15. The van der Waals surface area contributed by atoms with E-state index in [1.165, 1.54) is 0 Å². The van der Waals surface area contributed by atoms with Gasteiger partial charge in [0.2, 0.25) is 0 Å². The van der Waals surface area contributed by atoms with Gasteiger partial charge in [0.25, 0.3) is 5.69 Å². The number of nitro groups is 1. The molecule has 0 fully saturated rings. The third-order valence-corrected chi connectivity index (χ3v) is 3.24.